The zero-order valence-electron chi connectivity index (χ0n) is 17.4. The number of para-hydroxylation sites is 1. The van der Waals surface area contributed by atoms with Crippen molar-refractivity contribution in [3.8, 4) is 0 Å². The molecule has 2 heterocycles. The van der Waals surface area contributed by atoms with Crippen molar-refractivity contribution in [1.82, 2.24) is 9.88 Å². The van der Waals surface area contributed by atoms with E-state index >= 15 is 0 Å². The van der Waals surface area contributed by atoms with Gasteiger partial charge in [-0.05, 0) is 60.7 Å². The van der Waals surface area contributed by atoms with Crippen molar-refractivity contribution in [2.45, 2.75) is 13.5 Å². The molecule has 1 aromatic heterocycles. The number of aryl methyl sites for hydroxylation is 1. The van der Waals surface area contributed by atoms with Crippen molar-refractivity contribution in [3.05, 3.63) is 106 Å². The van der Waals surface area contributed by atoms with Gasteiger partial charge in [-0.25, -0.2) is 9.38 Å². The molecule has 6 heteroatoms. The SMILES string of the molecule is Cc1ccc(N=C2NC(=O)C(=Cc3cn(Cc4ccc(F)cc4)c4ccccc34)S2)cc1. The van der Waals surface area contributed by atoms with Gasteiger partial charge < -0.3 is 9.88 Å². The Morgan fingerprint density at radius 3 is 2.56 bits per heavy atom. The van der Waals surface area contributed by atoms with E-state index in [4.69, 9.17) is 0 Å². The van der Waals surface area contributed by atoms with E-state index in [1.165, 1.54) is 23.9 Å². The summed E-state index contributed by atoms with van der Waals surface area (Å²) in [5, 5.41) is 4.48. The summed E-state index contributed by atoms with van der Waals surface area (Å²) in [6.45, 7) is 2.64. The number of carbonyl (C=O) groups excluding carboxylic acids is 1. The smallest absolute Gasteiger partial charge is 0.264 e. The number of nitrogens with zero attached hydrogens (tertiary/aromatic N) is 2. The topological polar surface area (TPSA) is 46.4 Å². The molecule has 1 N–H and O–H groups in total. The summed E-state index contributed by atoms with van der Waals surface area (Å²) in [6.07, 6.45) is 3.94. The van der Waals surface area contributed by atoms with E-state index in [-0.39, 0.29) is 11.7 Å². The number of rotatable bonds is 4. The molecule has 1 amide bonds. The van der Waals surface area contributed by atoms with Crippen molar-refractivity contribution < 1.29 is 9.18 Å². The number of amides is 1. The molecule has 0 spiro atoms. The molecular formula is C26H20FN3OS. The molecule has 5 rings (SSSR count). The summed E-state index contributed by atoms with van der Waals surface area (Å²) in [7, 11) is 0. The Bertz CT molecular complexity index is 1370. The van der Waals surface area contributed by atoms with Crippen molar-refractivity contribution in [2.24, 2.45) is 4.99 Å². The lowest BCUT2D eigenvalue weighted by atomic mass is 10.1. The highest BCUT2D eigenvalue weighted by atomic mass is 32.2. The molecule has 3 aromatic carbocycles. The number of fused-ring (bicyclic) bond motifs is 1. The number of thioether (sulfide) groups is 1. The third kappa shape index (κ3) is 4.22. The van der Waals surface area contributed by atoms with Crippen LogP contribution in [0.15, 0.2) is 88.9 Å². The molecule has 4 aromatic rings. The molecular weight excluding hydrogens is 421 g/mol. The molecule has 1 aliphatic rings. The zero-order chi connectivity index (χ0) is 22.1. The highest BCUT2D eigenvalue weighted by Crippen LogP contribution is 2.31. The molecule has 0 unspecified atom stereocenters. The van der Waals surface area contributed by atoms with Gasteiger partial charge in [-0.15, -0.1) is 0 Å². The highest BCUT2D eigenvalue weighted by molar-refractivity contribution is 8.18. The van der Waals surface area contributed by atoms with E-state index in [1.807, 2.05) is 67.7 Å². The van der Waals surface area contributed by atoms with Crippen molar-refractivity contribution in [1.29, 1.82) is 0 Å². The van der Waals surface area contributed by atoms with Gasteiger partial charge in [-0.3, -0.25) is 4.79 Å². The predicted molar refractivity (Wildman–Crippen MR) is 129 cm³/mol. The minimum Gasteiger partial charge on any atom is -0.342 e. The summed E-state index contributed by atoms with van der Waals surface area (Å²) < 4.78 is 15.4. The fraction of sp³-hybridized carbons (Fsp3) is 0.0769. The normalized spacial score (nSPS) is 16.2. The summed E-state index contributed by atoms with van der Waals surface area (Å²) in [5.41, 5.74) is 4.98. The molecule has 1 aliphatic heterocycles. The van der Waals surface area contributed by atoms with Crippen LogP contribution in [0.25, 0.3) is 17.0 Å². The first-order chi connectivity index (χ1) is 15.5. The summed E-state index contributed by atoms with van der Waals surface area (Å²) in [4.78, 5) is 17.7. The van der Waals surface area contributed by atoms with E-state index in [1.54, 1.807) is 12.1 Å². The number of nitrogens with one attached hydrogen (secondary N) is 1. The van der Waals surface area contributed by atoms with E-state index in [2.05, 4.69) is 14.9 Å². The number of hydrogen-bond donors (Lipinski definition) is 1. The summed E-state index contributed by atoms with van der Waals surface area (Å²) in [5.74, 6) is -0.403. The van der Waals surface area contributed by atoms with Gasteiger partial charge in [0.05, 0.1) is 10.6 Å². The summed E-state index contributed by atoms with van der Waals surface area (Å²) >= 11 is 1.34. The molecule has 0 radical (unpaired) electrons. The Morgan fingerprint density at radius 1 is 1.03 bits per heavy atom. The van der Waals surface area contributed by atoms with E-state index in [0.29, 0.717) is 16.6 Å². The Labute approximate surface area is 189 Å². The standard InChI is InChI=1S/C26H20FN3OS/c1-17-6-12-21(13-7-17)28-26-29-25(31)24(32-26)14-19-16-30(23-5-3-2-4-22(19)23)15-18-8-10-20(27)11-9-18/h2-14,16H,15H2,1H3,(H,28,29,31). The quantitative estimate of drug-likeness (QED) is 0.393. The minimum atomic E-state index is -0.246. The van der Waals surface area contributed by atoms with Gasteiger partial charge in [0.2, 0.25) is 0 Å². The van der Waals surface area contributed by atoms with Gasteiger partial charge >= 0.3 is 0 Å². The van der Waals surface area contributed by atoms with Crippen LogP contribution in [0, 0.1) is 12.7 Å². The second-order valence-electron chi connectivity index (χ2n) is 7.67. The Balaban J connectivity index is 1.46. The lowest BCUT2D eigenvalue weighted by Gasteiger charge is -2.05. The van der Waals surface area contributed by atoms with Gasteiger partial charge in [-0.2, -0.15) is 0 Å². The van der Waals surface area contributed by atoms with E-state index < -0.39 is 0 Å². The first-order valence-electron chi connectivity index (χ1n) is 10.2. The van der Waals surface area contributed by atoms with Crippen molar-refractivity contribution in [2.75, 3.05) is 0 Å². The highest BCUT2D eigenvalue weighted by Gasteiger charge is 2.24. The van der Waals surface area contributed by atoms with Crippen LogP contribution in [0.4, 0.5) is 10.1 Å². The maximum atomic E-state index is 13.3. The largest absolute Gasteiger partial charge is 0.342 e. The average molecular weight is 442 g/mol. The van der Waals surface area contributed by atoms with E-state index in [0.717, 1.165) is 33.3 Å². The Morgan fingerprint density at radius 2 is 1.78 bits per heavy atom. The second kappa shape index (κ2) is 8.48. The number of halogens is 1. The van der Waals surface area contributed by atoms with Crippen molar-refractivity contribution >= 4 is 45.5 Å². The van der Waals surface area contributed by atoms with Crippen molar-refractivity contribution in [3.63, 3.8) is 0 Å². The van der Waals surface area contributed by atoms with Crippen LogP contribution in [0.3, 0.4) is 0 Å². The Kier molecular flexibility index (Phi) is 5.37. The van der Waals surface area contributed by atoms with Crippen LogP contribution < -0.4 is 5.32 Å². The monoisotopic (exact) mass is 441 g/mol. The number of benzene rings is 3. The molecule has 1 saturated heterocycles. The maximum Gasteiger partial charge on any atom is 0.264 e. The number of hydrogen-bond acceptors (Lipinski definition) is 3. The number of carbonyl (C=O) groups is 1. The molecule has 0 bridgehead atoms. The summed E-state index contributed by atoms with van der Waals surface area (Å²) in [6, 6.07) is 22.4. The fourth-order valence-electron chi connectivity index (χ4n) is 3.67. The van der Waals surface area contributed by atoms with Gasteiger partial charge in [0.15, 0.2) is 5.17 Å². The minimum absolute atomic E-state index is 0.156. The molecule has 158 valence electrons. The van der Waals surface area contributed by atoms with Crippen LogP contribution in [0.1, 0.15) is 16.7 Å². The molecule has 0 aliphatic carbocycles. The third-order valence-electron chi connectivity index (χ3n) is 5.29. The van der Waals surface area contributed by atoms with Crippen LogP contribution in [-0.2, 0) is 11.3 Å². The van der Waals surface area contributed by atoms with Crippen LogP contribution in [0.5, 0.6) is 0 Å². The van der Waals surface area contributed by atoms with Crippen LogP contribution in [-0.4, -0.2) is 15.6 Å². The molecule has 0 atom stereocenters. The second-order valence-corrected chi connectivity index (χ2v) is 8.70. The number of aromatic nitrogens is 1. The van der Waals surface area contributed by atoms with E-state index in [9.17, 15) is 9.18 Å². The first-order valence-corrected chi connectivity index (χ1v) is 11.1. The molecule has 4 nitrogen and oxygen atoms in total. The number of aliphatic imine (C=N–C) groups is 1. The van der Waals surface area contributed by atoms with Crippen LogP contribution in [0.2, 0.25) is 0 Å². The molecule has 0 saturated carbocycles. The molecule has 1 fully saturated rings. The zero-order valence-corrected chi connectivity index (χ0v) is 18.2. The average Bonchev–Trinajstić information content (AvgIpc) is 3.31. The third-order valence-corrected chi connectivity index (χ3v) is 6.20. The first kappa shape index (κ1) is 20.3. The maximum absolute atomic E-state index is 13.3. The molecule has 32 heavy (non-hydrogen) atoms. The Hall–Kier alpha value is -3.64. The fourth-order valence-corrected chi connectivity index (χ4v) is 4.50. The lowest BCUT2D eigenvalue weighted by Crippen LogP contribution is -2.19. The van der Waals surface area contributed by atoms with Gasteiger partial charge in [0.1, 0.15) is 5.82 Å². The van der Waals surface area contributed by atoms with Gasteiger partial charge in [-0.1, -0.05) is 48.0 Å². The predicted octanol–water partition coefficient (Wildman–Crippen LogP) is 6.03. The van der Waals surface area contributed by atoms with Crippen LogP contribution >= 0.6 is 11.8 Å². The van der Waals surface area contributed by atoms with Gasteiger partial charge in [0.25, 0.3) is 5.91 Å². The lowest BCUT2D eigenvalue weighted by molar-refractivity contribution is -0.115. The van der Waals surface area contributed by atoms with Gasteiger partial charge in [0, 0.05) is 29.2 Å². The number of amidine groups is 1.